The largest absolute Gasteiger partial charge is 0.490 e. The van der Waals surface area contributed by atoms with E-state index in [9.17, 15) is 0 Å². The number of rotatable bonds is 10. The summed E-state index contributed by atoms with van der Waals surface area (Å²) in [6.45, 7) is 6.24. The molecule has 1 aromatic carbocycles. The molecule has 0 amide bonds. The first kappa shape index (κ1) is 19.9. The van der Waals surface area contributed by atoms with E-state index in [1.165, 1.54) is 44.1 Å². The first-order chi connectivity index (χ1) is 15.6. The second-order valence-electron chi connectivity index (χ2n) is 11.2. The van der Waals surface area contributed by atoms with Crippen LogP contribution in [0.1, 0.15) is 49.7 Å². The van der Waals surface area contributed by atoms with E-state index in [1.807, 2.05) is 0 Å². The Bertz CT molecular complexity index is 850. The summed E-state index contributed by atoms with van der Waals surface area (Å²) in [6, 6.07) is 2.19. The molecule has 0 radical (unpaired) electrons. The van der Waals surface area contributed by atoms with Gasteiger partial charge in [0.05, 0.1) is 19.8 Å². The smallest absolute Gasteiger partial charge is 0.169 e. The Balaban J connectivity index is 1.32. The van der Waals surface area contributed by atoms with Crippen molar-refractivity contribution in [3.63, 3.8) is 0 Å². The van der Waals surface area contributed by atoms with Crippen molar-refractivity contribution >= 4 is 0 Å². The fourth-order valence-corrected chi connectivity index (χ4v) is 7.12. The quantitative estimate of drug-likeness (QED) is 0.514. The lowest BCUT2D eigenvalue weighted by Gasteiger charge is -2.57. The number of aryl methyl sites for hydroxylation is 1. The van der Waals surface area contributed by atoms with Crippen LogP contribution in [0.15, 0.2) is 6.07 Å². The number of hydrogen-bond donors (Lipinski definition) is 0. The minimum atomic E-state index is 0.135. The number of benzene rings is 1. The Kier molecular flexibility index (Phi) is 4.67. The third-order valence-electron chi connectivity index (χ3n) is 8.41. The highest BCUT2D eigenvalue weighted by Crippen LogP contribution is 2.64. The van der Waals surface area contributed by atoms with Crippen molar-refractivity contribution in [1.29, 1.82) is 0 Å². The molecular formula is C26H34O6. The second-order valence-corrected chi connectivity index (χ2v) is 11.2. The van der Waals surface area contributed by atoms with E-state index < -0.39 is 0 Å². The summed E-state index contributed by atoms with van der Waals surface area (Å²) in [5.41, 5.74) is 2.48. The highest BCUT2D eigenvalue weighted by molar-refractivity contribution is 5.62. The molecule has 32 heavy (non-hydrogen) atoms. The highest BCUT2D eigenvalue weighted by atomic mass is 16.6. The van der Waals surface area contributed by atoms with Gasteiger partial charge in [0.15, 0.2) is 11.5 Å². The fourth-order valence-electron chi connectivity index (χ4n) is 7.12. The minimum Gasteiger partial charge on any atom is -0.490 e. The molecule has 1 aromatic rings. The molecule has 3 saturated heterocycles. The van der Waals surface area contributed by atoms with Gasteiger partial charge in [-0.3, -0.25) is 0 Å². The van der Waals surface area contributed by atoms with E-state index in [-0.39, 0.29) is 23.7 Å². The maximum atomic E-state index is 6.58. The lowest BCUT2D eigenvalue weighted by molar-refractivity contribution is -0.00798. The molecule has 0 N–H and O–H groups in total. The highest BCUT2D eigenvalue weighted by Gasteiger charge is 2.54. The Morgan fingerprint density at radius 1 is 0.750 bits per heavy atom. The Morgan fingerprint density at radius 2 is 1.22 bits per heavy atom. The molecule has 3 atom stereocenters. The van der Waals surface area contributed by atoms with Crippen molar-refractivity contribution in [3.8, 4) is 17.2 Å². The third-order valence-corrected chi connectivity index (χ3v) is 8.41. The molecule has 7 fully saturated rings. The topological polar surface area (TPSA) is 65.3 Å². The molecule has 4 saturated carbocycles. The predicted molar refractivity (Wildman–Crippen MR) is 117 cm³/mol. The van der Waals surface area contributed by atoms with Gasteiger partial charge in [0.1, 0.15) is 43.9 Å². The van der Waals surface area contributed by atoms with E-state index in [1.54, 1.807) is 0 Å². The van der Waals surface area contributed by atoms with Crippen LogP contribution in [-0.4, -0.2) is 58.0 Å². The summed E-state index contributed by atoms with van der Waals surface area (Å²) in [5, 5.41) is 0. The molecule has 6 heteroatoms. The molecule has 0 spiro atoms. The summed E-state index contributed by atoms with van der Waals surface area (Å²) in [4.78, 5) is 0. The van der Waals surface area contributed by atoms with Crippen LogP contribution >= 0.6 is 0 Å². The third kappa shape index (κ3) is 3.78. The maximum Gasteiger partial charge on any atom is 0.169 e. The van der Waals surface area contributed by atoms with Gasteiger partial charge in [-0.05, 0) is 74.8 Å². The van der Waals surface area contributed by atoms with E-state index >= 15 is 0 Å². The van der Waals surface area contributed by atoms with Crippen LogP contribution in [0.4, 0.5) is 0 Å². The van der Waals surface area contributed by atoms with Gasteiger partial charge in [-0.2, -0.15) is 0 Å². The SMILES string of the molecule is Cc1cc(OCC2CO2)c(C23CC4CC(CC(C4)C2)C3)c(OCC2CO2)c1OCC1CO1. The normalized spacial score (nSPS) is 40.3. The van der Waals surface area contributed by atoms with Gasteiger partial charge in [-0.15, -0.1) is 0 Å². The summed E-state index contributed by atoms with van der Waals surface area (Å²) >= 11 is 0. The van der Waals surface area contributed by atoms with Gasteiger partial charge in [-0.1, -0.05) is 0 Å². The average Bonchev–Trinajstić information content (AvgIpc) is 3.58. The number of ether oxygens (including phenoxy) is 6. The van der Waals surface area contributed by atoms with Gasteiger partial charge in [0.25, 0.3) is 0 Å². The second kappa shape index (κ2) is 7.51. The van der Waals surface area contributed by atoms with E-state index in [4.69, 9.17) is 28.4 Å². The summed E-state index contributed by atoms with van der Waals surface area (Å²) < 4.78 is 35.8. The van der Waals surface area contributed by atoms with E-state index in [0.29, 0.717) is 19.8 Å². The van der Waals surface area contributed by atoms with Crippen LogP contribution in [0.25, 0.3) is 0 Å². The van der Waals surface area contributed by atoms with Crippen LogP contribution in [0.2, 0.25) is 0 Å². The summed E-state index contributed by atoms with van der Waals surface area (Å²) in [7, 11) is 0. The van der Waals surface area contributed by atoms with Crippen molar-refractivity contribution in [2.45, 2.75) is 69.2 Å². The lowest BCUT2D eigenvalue weighted by Crippen LogP contribution is -2.49. The summed E-state index contributed by atoms with van der Waals surface area (Å²) in [6.07, 6.45) is 8.61. The molecule has 0 aromatic heterocycles. The molecular weight excluding hydrogens is 408 g/mol. The van der Waals surface area contributed by atoms with Crippen LogP contribution in [0, 0.1) is 24.7 Å². The molecule has 3 heterocycles. The Hall–Kier alpha value is -1.50. The first-order valence-electron chi connectivity index (χ1n) is 12.6. The summed E-state index contributed by atoms with van der Waals surface area (Å²) in [5.74, 6) is 5.29. The van der Waals surface area contributed by atoms with E-state index in [0.717, 1.165) is 60.4 Å². The maximum absolute atomic E-state index is 6.58. The zero-order chi connectivity index (χ0) is 21.3. The van der Waals surface area contributed by atoms with Crippen LogP contribution in [-0.2, 0) is 19.6 Å². The van der Waals surface area contributed by atoms with Crippen molar-refractivity contribution in [2.75, 3.05) is 39.6 Å². The van der Waals surface area contributed by atoms with Crippen molar-refractivity contribution < 1.29 is 28.4 Å². The zero-order valence-electron chi connectivity index (χ0n) is 19.0. The van der Waals surface area contributed by atoms with Gasteiger partial charge in [0, 0.05) is 11.0 Å². The predicted octanol–water partition coefficient (Wildman–Crippen LogP) is 3.80. The zero-order valence-corrected chi connectivity index (χ0v) is 19.0. The van der Waals surface area contributed by atoms with Crippen LogP contribution in [0.5, 0.6) is 17.2 Å². The van der Waals surface area contributed by atoms with Crippen molar-refractivity contribution in [3.05, 3.63) is 17.2 Å². The first-order valence-corrected chi connectivity index (χ1v) is 12.6. The standard InChI is InChI=1S/C26H34O6/c1-15-2-22(30-12-19-9-27-19)23(26-6-16-3-17(7-26)5-18(4-16)8-26)25(32-14-21-11-29-21)24(15)31-13-20-10-28-20/h2,16-21H,3-14H2,1H3. The van der Waals surface area contributed by atoms with Gasteiger partial charge in [0.2, 0.25) is 0 Å². The lowest BCUT2D eigenvalue weighted by atomic mass is 9.48. The molecule has 174 valence electrons. The molecule has 7 aliphatic rings. The molecule has 4 bridgehead atoms. The Labute approximate surface area is 189 Å². The van der Waals surface area contributed by atoms with Gasteiger partial charge in [-0.25, -0.2) is 0 Å². The van der Waals surface area contributed by atoms with Gasteiger partial charge < -0.3 is 28.4 Å². The van der Waals surface area contributed by atoms with Gasteiger partial charge >= 0.3 is 0 Å². The monoisotopic (exact) mass is 442 g/mol. The van der Waals surface area contributed by atoms with Crippen LogP contribution in [0.3, 0.4) is 0 Å². The molecule has 6 nitrogen and oxygen atoms in total. The van der Waals surface area contributed by atoms with Crippen molar-refractivity contribution in [2.24, 2.45) is 17.8 Å². The molecule has 3 aliphatic heterocycles. The average molecular weight is 443 g/mol. The fraction of sp³-hybridized carbons (Fsp3) is 0.769. The van der Waals surface area contributed by atoms with Crippen molar-refractivity contribution in [1.82, 2.24) is 0 Å². The number of hydrogen-bond acceptors (Lipinski definition) is 6. The van der Waals surface area contributed by atoms with Crippen LogP contribution < -0.4 is 14.2 Å². The Morgan fingerprint density at radius 3 is 1.72 bits per heavy atom. The molecule has 3 unspecified atom stereocenters. The van der Waals surface area contributed by atoms with E-state index in [2.05, 4.69) is 13.0 Å². The molecule has 8 rings (SSSR count). The minimum absolute atomic E-state index is 0.135. The molecule has 4 aliphatic carbocycles. The number of epoxide rings is 3.